The van der Waals surface area contributed by atoms with E-state index in [1.807, 2.05) is 12.1 Å². The van der Waals surface area contributed by atoms with E-state index < -0.39 is 0 Å². The molecular formula is C15H20O. The van der Waals surface area contributed by atoms with Crippen molar-refractivity contribution >= 4 is 6.08 Å². The minimum Gasteiger partial charge on any atom is -0.497 e. The summed E-state index contributed by atoms with van der Waals surface area (Å²) >= 11 is 0. The molecule has 0 amide bonds. The highest BCUT2D eigenvalue weighted by Gasteiger charge is 2.11. The summed E-state index contributed by atoms with van der Waals surface area (Å²) in [6, 6.07) is 8.31. The zero-order valence-electron chi connectivity index (χ0n) is 10.2. The van der Waals surface area contributed by atoms with Crippen molar-refractivity contribution in [3.05, 3.63) is 35.4 Å². The molecule has 0 aliphatic heterocycles. The van der Waals surface area contributed by atoms with Gasteiger partial charge in [0.25, 0.3) is 0 Å². The number of benzene rings is 1. The number of ether oxygens (including phenoxy) is 1. The van der Waals surface area contributed by atoms with Crippen LogP contribution in [0.2, 0.25) is 0 Å². The summed E-state index contributed by atoms with van der Waals surface area (Å²) in [7, 11) is 1.70. The molecule has 0 unspecified atom stereocenters. The molecule has 0 radical (unpaired) electrons. The zero-order chi connectivity index (χ0) is 11.4. The zero-order valence-corrected chi connectivity index (χ0v) is 10.2. The van der Waals surface area contributed by atoms with Gasteiger partial charge in [0.15, 0.2) is 0 Å². The smallest absolute Gasteiger partial charge is 0.118 e. The first-order valence-corrected chi connectivity index (χ1v) is 6.11. The van der Waals surface area contributed by atoms with Crippen molar-refractivity contribution in [1.82, 2.24) is 0 Å². The van der Waals surface area contributed by atoms with Crippen LogP contribution in [0.3, 0.4) is 0 Å². The first-order chi connectivity index (χ1) is 7.78. The lowest BCUT2D eigenvalue weighted by Crippen LogP contribution is -2.03. The van der Waals surface area contributed by atoms with Crippen LogP contribution in [0.25, 0.3) is 6.08 Å². The van der Waals surface area contributed by atoms with E-state index in [0.717, 1.165) is 11.7 Å². The van der Waals surface area contributed by atoms with Gasteiger partial charge in [-0.05, 0) is 49.3 Å². The van der Waals surface area contributed by atoms with E-state index in [0.29, 0.717) is 0 Å². The van der Waals surface area contributed by atoms with E-state index in [2.05, 4.69) is 25.1 Å². The Kier molecular flexibility index (Phi) is 3.66. The number of methoxy groups -OCH3 is 1. The highest BCUT2D eigenvalue weighted by molar-refractivity contribution is 5.54. The fraction of sp³-hybridized carbons (Fsp3) is 0.467. The van der Waals surface area contributed by atoms with Crippen LogP contribution < -0.4 is 4.74 Å². The van der Waals surface area contributed by atoms with Crippen molar-refractivity contribution in [3.63, 3.8) is 0 Å². The summed E-state index contributed by atoms with van der Waals surface area (Å²) in [4.78, 5) is 0. The summed E-state index contributed by atoms with van der Waals surface area (Å²) in [6.07, 6.45) is 7.58. The molecule has 0 N–H and O–H groups in total. The van der Waals surface area contributed by atoms with Crippen molar-refractivity contribution in [2.45, 2.75) is 32.6 Å². The second kappa shape index (κ2) is 5.20. The molecule has 0 bridgehead atoms. The molecule has 0 spiro atoms. The highest BCUT2D eigenvalue weighted by Crippen LogP contribution is 2.29. The van der Waals surface area contributed by atoms with Gasteiger partial charge in [-0.1, -0.05) is 30.7 Å². The molecule has 1 aromatic carbocycles. The Hall–Kier alpha value is -1.24. The molecule has 0 heterocycles. The Morgan fingerprint density at radius 3 is 2.31 bits per heavy atom. The quantitative estimate of drug-likeness (QED) is 0.716. The second-order valence-corrected chi connectivity index (χ2v) is 4.76. The van der Waals surface area contributed by atoms with E-state index in [9.17, 15) is 0 Å². The maximum atomic E-state index is 5.15. The minimum atomic E-state index is 0.910. The molecule has 0 aromatic heterocycles. The normalized spacial score (nSPS) is 20.6. The Labute approximate surface area is 98.1 Å². The van der Waals surface area contributed by atoms with Crippen LogP contribution in [-0.2, 0) is 0 Å². The Morgan fingerprint density at radius 2 is 1.75 bits per heavy atom. The summed E-state index contributed by atoms with van der Waals surface area (Å²) in [5.74, 6) is 1.84. The standard InChI is InChI=1S/C15H20O/c1-12-3-5-13(6-4-12)11-14-7-9-15(16-2)10-8-14/h7-12H,3-6H2,1-2H3. The molecule has 1 nitrogen and oxygen atoms in total. The summed E-state index contributed by atoms with van der Waals surface area (Å²) in [5, 5.41) is 0. The van der Waals surface area contributed by atoms with Crippen molar-refractivity contribution in [1.29, 1.82) is 0 Å². The molecule has 1 aromatic rings. The van der Waals surface area contributed by atoms with E-state index in [1.165, 1.54) is 31.2 Å². The van der Waals surface area contributed by atoms with Crippen LogP contribution >= 0.6 is 0 Å². The van der Waals surface area contributed by atoms with Crippen molar-refractivity contribution in [2.24, 2.45) is 5.92 Å². The number of allylic oxidation sites excluding steroid dienone is 1. The fourth-order valence-corrected chi connectivity index (χ4v) is 2.21. The molecule has 1 fully saturated rings. The summed E-state index contributed by atoms with van der Waals surface area (Å²) in [6.45, 7) is 2.35. The molecule has 86 valence electrons. The Balaban J connectivity index is 2.04. The lowest BCUT2D eigenvalue weighted by molar-refractivity contribution is 0.415. The average Bonchev–Trinajstić information content (AvgIpc) is 2.33. The molecule has 1 saturated carbocycles. The Bertz CT molecular complexity index is 352. The first-order valence-electron chi connectivity index (χ1n) is 6.11. The lowest BCUT2D eigenvalue weighted by Gasteiger charge is -2.20. The van der Waals surface area contributed by atoms with Gasteiger partial charge in [-0.25, -0.2) is 0 Å². The fourth-order valence-electron chi connectivity index (χ4n) is 2.21. The molecule has 1 aliphatic rings. The molecule has 1 heteroatoms. The van der Waals surface area contributed by atoms with Crippen molar-refractivity contribution in [2.75, 3.05) is 7.11 Å². The van der Waals surface area contributed by atoms with Gasteiger partial charge in [0.05, 0.1) is 7.11 Å². The molecular weight excluding hydrogens is 196 g/mol. The maximum absolute atomic E-state index is 5.15. The average molecular weight is 216 g/mol. The lowest BCUT2D eigenvalue weighted by atomic mass is 9.86. The van der Waals surface area contributed by atoms with Gasteiger partial charge in [-0.3, -0.25) is 0 Å². The summed E-state index contributed by atoms with van der Waals surface area (Å²) in [5.41, 5.74) is 2.90. The second-order valence-electron chi connectivity index (χ2n) is 4.76. The number of rotatable bonds is 2. The van der Waals surface area contributed by atoms with Gasteiger partial charge in [0.1, 0.15) is 5.75 Å². The van der Waals surface area contributed by atoms with Gasteiger partial charge in [-0.15, -0.1) is 0 Å². The first kappa shape index (κ1) is 11.3. The third-order valence-corrected chi connectivity index (χ3v) is 3.40. The van der Waals surface area contributed by atoms with Crippen LogP contribution in [0.15, 0.2) is 29.8 Å². The maximum Gasteiger partial charge on any atom is 0.118 e. The Morgan fingerprint density at radius 1 is 1.12 bits per heavy atom. The largest absolute Gasteiger partial charge is 0.497 e. The van der Waals surface area contributed by atoms with E-state index in [1.54, 1.807) is 12.7 Å². The monoisotopic (exact) mass is 216 g/mol. The van der Waals surface area contributed by atoms with Crippen molar-refractivity contribution < 1.29 is 4.74 Å². The van der Waals surface area contributed by atoms with Crippen LogP contribution in [0.4, 0.5) is 0 Å². The molecule has 2 rings (SSSR count). The van der Waals surface area contributed by atoms with Crippen LogP contribution in [0, 0.1) is 5.92 Å². The van der Waals surface area contributed by atoms with E-state index >= 15 is 0 Å². The third-order valence-electron chi connectivity index (χ3n) is 3.40. The predicted molar refractivity (Wildman–Crippen MR) is 68.6 cm³/mol. The van der Waals surface area contributed by atoms with Gasteiger partial charge in [0, 0.05) is 0 Å². The van der Waals surface area contributed by atoms with E-state index in [4.69, 9.17) is 4.74 Å². The number of hydrogen-bond acceptors (Lipinski definition) is 1. The third kappa shape index (κ3) is 2.88. The predicted octanol–water partition coefficient (Wildman–Crippen LogP) is 4.29. The van der Waals surface area contributed by atoms with E-state index in [-0.39, 0.29) is 0 Å². The number of hydrogen-bond donors (Lipinski definition) is 0. The highest BCUT2D eigenvalue weighted by atomic mass is 16.5. The van der Waals surface area contributed by atoms with Crippen LogP contribution in [-0.4, -0.2) is 7.11 Å². The van der Waals surface area contributed by atoms with Gasteiger partial charge in [-0.2, -0.15) is 0 Å². The van der Waals surface area contributed by atoms with Gasteiger partial charge >= 0.3 is 0 Å². The van der Waals surface area contributed by atoms with Crippen LogP contribution in [0.1, 0.15) is 38.2 Å². The van der Waals surface area contributed by atoms with Crippen molar-refractivity contribution in [3.8, 4) is 5.75 Å². The van der Waals surface area contributed by atoms with Gasteiger partial charge in [0.2, 0.25) is 0 Å². The molecule has 1 aliphatic carbocycles. The molecule has 0 saturated heterocycles. The molecule has 16 heavy (non-hydrogen) atoms. The molecule has 0 atom stereocenters. The summed E-state index contributed by atoms with van der Waals surface area (Å²) < 4.78 is 5.15. The minimum absolute atomic E-state index is 0.910. The SMILES string of the molecule is COc1ccc(C=C2CCC(C)CC2)cc1. The van der Waals surface area contributed by atoms with Gasteiger partial charge < -0.3 is 4.74 Å². The topological polar surface area (TPSA) is 9.23 Å². The van der Waals surface area contributed by atoms with Crippen LogP contribution in [0.5, 0.6) is 5.75 Å².